The molecule has 0 fully saturated rings. The maximum Gasteiger partial charge on any atom is 0.227 e. The van der Waals surface area contributed by atoms with Gasteiger partial charge in [0.1, 0.15) is 6.54 Å². The van der Waals surface area contributed by atoms with E-state index in [4.69, 9.17) is 0 Å². The van der Waals surface area contributed by atoms with E-state index in [2.05, 4.69) is 67.8 Å². The molecule has 0 N–H and O–H groups in total. The fourth-order valence-electron chi connectivity index (χ4n) is 4.23. The molecule has 1 aliphatic rings. The molecule has 0 radical (unpaired) electrons. The van der Waals surface area contributed by atoms with Crippen molar-refractivity contribution in [3.63, 3.8) is 0 Å². The lowest BCUT2D eigenvalue weighted by Gasteiger charge is -2.16. The third-order valence-corrected chi connectivity index (χ3v) is 5.94. The van der Waals surface area contributed by atoms with E-state index in [9.17, 15) is 4.79 Å². The average molecular weight is 416 g/mol. The summed E-state index contributed by atoms with van der Waals surface area (Å²) in [5.74, 6) is 0.0191. The first kappa shape index (κ1) is 22.7. The highest BCUT2D eigenvalue weighted by molar-refractivity contribution is 6.03. The number of hydrogen-bond acceptors (Lipinski definition) is 1. The van der Waals surface area contributed by atoms with Crippen LogP contribution in [0.5, 0.6) is 0 Å². The Bertz CT molecular complexity index is 983. The van der Waals surface area contributed by atoms with Crippen LogP contribution in [0.15, 0.2) is 79.0 Å². The molecule has 3 nitrogen and oxygen atoms in total. The number of fused-ring (bicyclic) bond motifs is 1. The number of anilines is 1. The van der Waals surface area contributed by atoms with E-state index in [1.54, 1.807) is 11.8 Å². The summed E-state index contributed by atoms with van der Waals surface area (Å²) in [7, 11) is 0. The third-order valence-electron chi connectivity index (χ3n) is 5.94. The Morgan fingerprint density at radius 1 is 1.00 bits per heavy atom. The first-order chi connectivity index (χ1) is 15.0. The van der Waals surface area contributed by atoms with Gasteiger partial charge in [0.05, 0.1) is 5.41 Å². The van der Waals surface area contributed by atoms with E-state index in [0.717, 1.165) is 25.1 Å². The second kappa shape index (κ2) is 10.4. The second-order valence-electron chi connectivity index (χ2n) is 8.62. The summed E-state index contributed by atoms with van der Waals surface area (Å²) >= 11 is 0. The lowest BCUT2D eigenvalue weighted by atomic mass is 9.81. The summed E-state index contributed by atoms with van der Waals surface area (Å²) in [5, 5.41) is 0. The SMILES string of the molecule is CCCC[N+]1=C(C=CCCC=CN(C(C)=O)c2ccccc2)C(C)(C)c2ccccc21. The standard InChI is InChI=1S/C28H35N2O/c1-5-6-21-30-26-19-14-13-18-25(26)28(3,4)27(30)20-12-7-8-15-22-29(23(2)31)24-16-10-9-11-17-24/h9-20,22H,5-8,21H2,1-4H3/q+1. The van der Waals surface area contributed by atoms with Crippen LogP contribution < -0.4 is 4.90 Å². The molecule has 2 aromatic carbocycles. The molecule has 0 bridgehead atoms. The molecule has 3 rings (SSSR count). The molecule has 31 heavy (non-hydrogen) atoms. The topological polar surface area (TPSA) is 23.3 Å². The minimum absolute atomic E-state index is 0.00934. The van der Waals surface area contributed by atoms with Crippen molar-refractivity contribution in [1.29, 1.82) is 0 Å². The summed E-state index contributed by atoms with van der Waals surface area (Å²) < 4.78 is 2.50. The number of unbranched alkanes of at least 4 members (excludes halogenated alkanes) is 2. The zero-order chi connectivity index (χ0) is 22.3. The van der Waals surface area contributed by atoms with Crippen molar-refractivity contribution in [3.8, 4) is 0 Å². The number of carbonyl (C=O) groups excluding carboxylic acids is 1. The van der Waals surface area contributed by atoms with Crippen LogP contribution in [0.2, 0.25) is 0 Å². The predicted molar refractivity (Wildman–Crippen MR) is 131 cm³/mol. The zero-order valence-electron chi connectivity index (χ0n) is 19.3. The Labute approximate surface area is 187 Å². The first-order valence-corrected chi connectivity index (χ1v) is 11.4. The van der Waals surface area contributed by atoms with Crippen LogP contribution in [0.3, 0.4) is 0 Å². The quantitative estimate of drug-likeness (QED) is 0.327. The number of nitrogens with zero attached hydrogens (tertiary/aromatic N) is 2. The monoisotopic (exact) mass is 415 g/mol. The van der Waals surface area contributed by atoms with Crippen molar-refractivity contribution in [2.24, 2.45) is 0 Å². The highest BCUT2D eigenvalue weighted by atomic mass is 16.2. The lowest BCUT2D eigenvalue weighted by molar-refractivity contribution is -0.438. The van der Waals surface area contributed by atoms with Crippen molar-refractivity contribution < 1.29 is 9.37 Å². The van der Waals surface area contributed by atoms with Gasteiger partial charge in [0.2, 0.25) is 11.6 Å². The minimum atomic E-state index is 0.00934. The number of benzene rings is 2. The second-order valence-corrected chi connectivity index (χ2v) is 8.62. The minimum Gasteiger partial charge on any atom is -0.288 e. The smallest absolute Gasteiger partial charge is 0.227 e. The summed E-state index contributed by atoms with van der Waals surface area (Å²) in [6.45, 7) is 9.54. The number of rotatable bonds is 9. The van der Waals surface area contributed by atoms with E-state index in [0.29, 0.717) is 0 Å². The first-order valence-electron chi connectivity index (χ1n) is 11.4. The molecule has 0 aliphatic carbocycles. The van der Waals surface area contributed by atoms with Crippen molar-refractivity contribution in [2.75, 3.05) is 11.4 Å². The fourth-order valence-corrected chi connectivity index (χ4v) is 4.23. The number of amides is 1. The van der Waals surface area contributed by atoms with Crippen LogP contribution in [-0.2, 0) is 10.2 Å². The summed E-state index contributed by atoms with van der Waals surface area (Å²) in [5.41, 5.74) is 5.04. The molecule has 1 aliphatic heterocycles. The molecular weight excluding hydrogens is 380 g/mol. The molecule has 2 aromatic rings. The Hall–Kier alpha value is -2.94. The van der Waals surface area contributed by atoms with Gasteiger partial charge in [-0.15, -0.1) is 0 Å². The van der Waals surface area contributed by atoms with Crippen LogP contribution in [0.4, 0.5) is 11.4 Å². The largest absolute Gasteiger partial charge is 0.288 e. The average Bonchev–Trinajstić information content (AvgIpc) is 2.98. The fraction of sp³-hybridized carbons (Fsp3) is 0.357. The van der Waals surface area contributed by atoms with Gasteiger partial charge >= 0.3 is 0 Å². The Morgan fingerprint density at radius 3 is 2.39 bits per heavy atom. The molecule has 0 spiro atoms. The van der Waals surface area contributed by atoms with Gasteiger partial charge in [-0.05, 0) is 38.8 Å². The molecule has 0 saturated carbocycles. The van der Waals surface area contributed by atoms with Crippen LogP contribution >= 0.6 is 0 Å². The van der Waals surface area contributed by atoms with Gasteiger partial charge < -0.3 is 0 Å². The Kier molecular flexibility index (Phi) is 7.62. The van der Waals surface area contributed by atoms with Crippen LogP contribution in [-0.4, -0.2) is 22.7 Å². The normalized spacial score (nSPS) is 15.1. The maximum absolute atomic E-state index is 12.0. The van der Waals surface area contributed by atoms with Crippen LogP contribution in [0.25, 0.3) is 0 Å². The molecule has 0 unspecified atom stereocenters. The van der Waals surface area contributed by atoms with E-state index < -0.39 is 0 Å². The Morgan fingerprint density at radius 2 is 1.68 bits per heavy atom. The van der Waals surface area contributed by atoms with Crippen molar-refractivity contribution >= 4 is 23.0 Å². The highest BCUT2D eigenvalue weighted by Gasteiger charge is 2.43. The number of allylic oxidation sites excluding steroid dienone is 3. The number of para-hydroxylation sites is 2. The van der Waals surface area contributed by atoms with Crippen molar-refractivity contribution in [2.45, 2.75) is 58.8 Å². The predicted octanol–water partition coefficient (Wildman–Crippen LogP) is 6.77. The summed E-state index contributed by atoms with van der Waals surface area (Å²) in [4.78, 5) is 13.7. The molecule has 0 aromatic heterocycles. The van der Waals surface area contributed by atoms with E-state index >= 15 is 0 Å². The van der Waals surface area contributed by atoms with Gasteiger partial charge in [0.25, 0.3) is 0 Å². The molecule has 0 saturated heterocycles. The lowest BCUT2D eigenvalue weighted by Crippen LogP contribution is -2.27. The van der Waals surface area contributed by atoms with Gasteiger partial charge in [-0.3, -0.25) is 9.69 Å². The molecule has 0 atom stereocenters. The molecule has 1 heterocycles. The van der Waals surface area contributed by atoms with Gasteiger partial charge in [-0.1, -0.05) is 61.9 Å². The van der Waals surface area contributed by atoms with Crippen LogP contribution in [0.1, 0.15) is 58.9 Å². The highest BCUT2D eigenvalue weighted by Crippen LogP contribution is 2.39. The molecular formula is C28H35N2O+. The van der Waals surface area contributed by atoms with Gasteiger partial charge in [0.15, 0.2) is 5.71 Å². The summed E-state index contributed by atoms with van der Waals surface area (Å²) in [6, 6.07) is 18.5. The van der Waals surface area contributed by atoms with Crippen molar-refractivity contribution in [1.82, 2.24) is 0 Å². The number of hydrogen-bond donors (Lipinski definition) is 0. The zero-order valence-corrected chi connectivity index (χ0v) is 19.3. The third kappa shape index (κ3) is 5.22. The van der Waals surface area contributed by atoms with Gasteiger partial charge in [-0.2, -0.15) is 4.58 Å². The van der Waals surface area contributed by atoms with Crippen molar-refractivity contribution in [3.05, 3.63) is 84.6 Å². The van der Waals surface area contributed by atoms with Gasteiger partial charge in [-0.25, -0.2) is 0 Å². The van der Waals surface area contributed by atoms with E-state index in [-0.39, 0.29) is 11.3 Å². The summed E-state index contributed by atoms with van der Waals surface area (Å²) in [6.07, 6.45) is 12.8. The van der Waals surface area contributed by atoms with E-state index in [1.807, 2.05) is 36.5 Å². The van der Waals surface area contributed by atoms with Crippen LogP contribution in [0, 0.1) is 0 Å². The maximum atomic E-state index is 12.0. The Balaban J connectivity index is 1.69. The van der Waals surface area contributed by atoms with E-state index in [1.165, 1.54) is 29.8 Å². The molecule has 3 heteroatoms. The molecule has 162 valence electrons. The van der Waals surface area contributed by atoms with Gasteiger partial charge in [0, 0.05) is 42.9 Å². The number of carbonyl (C=O) groups is 1. The molecule has 1 amide bonds.